The fourth-order valence-corrected chi connectivity index (χ4v) is 2.63. The number of pyridine rings is 1. The second-order valence-corrected chi connectivity index (χ2v) is 4.86. The Kier molecular flexibility index (Phi) is 2.75. The summed E-state index contributed by atoms with van der Waals surface area (Å²) in [5.41, 5.74) is 2.14. The lowest BCUT2D eigenvalue weighted by atomic mass is 10.0. The zero-order valence-electron chi connectivity index (χ0n) is 11.3. The second kappa shape index (κ2) is 4.87. The third-order valence-electron chi connectivity index (χ3n) is 3.60. The van der Waals surface area contributed by atoms with Crippen LogP contribution in [0.4, 0.5) is 0 Å². The Bertz CT molecular complexity index is 889. The molecule has 0 aliphatic rings. The average Bonchev–Trinajstić information content (AvgIpc) is 3.04. The van der Waals surface area contributed by atoms with Gasteiger partial charge in [-0.05, 0) is 22.9 Å². The SMILES string of the molecule is c1cncc(-n2ccnc2-c2cccc3ccccc23)c1. The van der Waals surface area contributed by atoms with Crippen molar-refractivity contribution in [3.05, 3.63) is 79.4 Å². The van der Waals surface area contributed by atoms with E-state index in [2.05, 4.69) is 57.0 Å². The normalized spacial score (nSPS) is 10.9. The summed E-state index contributed by atoms with van der Waals surface area (Å²) >= 11 is 0. The fourth-order valence-electron chi connectivity index (χ4n) is 2.63. The van der Waals surface area contributed by atoms with Crippen molar-refractivity contribution in [2.24, 2.45) is 0 Å². The Balaban J connectivity index is 1.97. The van der Waals surface area contributed by atoms with Crippen LogP contribution in [0, 0.1) is 0 Å². The highest BCUT2D eigenvalue weighted by atomic mass is 15.1. The van der Waals surface area contributed by atoms with E-state index in [0.29, 0.717) is 0 Å². The summed E-state index contributed by atoms with van der Waals surface area (Å²) in [6.07, 6.45) is 7.41. The molecule has 0 aliphatic heterocycles. The van der Waals surface area contributed by atoms with Gasteiger partial charge in [0, 0.05) is 24.2 Å². The van der Waals surface area contributed by atoms with Crippen molar-refractivity contribution in [2.45, 2.75) is 0 Å². The van der Waals surface area contributed by atoms with Crippen LogP contribution in [-0.2, 0) is 0 Å². The van der Waals surface area contributed by atoms with E-state index in [4.69, 9.17) is 0 Å². The molecule has 4 rings (SSSR count). The van der Waals surface area contributed by atoms with Gasteiger partial charge in [-0.15, -0.1) is 0 Å². The Morgan fingerprint density at radius 1 is 0.810 bits per heavy atom. The van der Waals surface area contributed by atoms with Gasteiger partial charge in [0.25, 0.3) is 0 Å². The van der Waals surface area contributed by atoms with Crippen LogP contribution in [0.25, 0.3) is 27.8 Å². The van der Waals surface area contributed by atoms with Crippen molar-refractivity contribution < 1.29 is 0 Å². The third-order valence-corrected chi connectivity index (χ3v) is 3.60. The molecular formula is C18H13N3. The molecule has 0 N–H and O–H groups in total. The molecule has 0 bridgehead atoms. The minimum Gasteiger partial charge on any atom is -0.298 e. The van der Waals surface area contributed by atoms with Crippen LogP contribution in [0.15, 0.2) is 79.4 Å². The molecule has 0 saturated heterocycles. The van der Waals surface area contributed by atoms with Crippen LogP contribution in [0.5, 0.6) is 0 Å². The van der Waals surface area contributed by atoms with Crippen molar-refractivity contribution >= 4 is 10.8 Å². The summed E-state index contributed by atoms with van der Waals surface area (Å²) in [7, 11) is 0. The highest BCUT2D eigenvalue weighted by Crippen LogP contribution is 2.28. The largest absolute Gasteiger partial charge is 0.298 e. The summed E-state index contributed by atoms with van der Waals surface area (Å²) in [6, 6.07) is 18.6. The summed E-state index contributed by atoms with van der Waals surface area (Å²) in [5.74, 6) is 0.930. The second-order valence-electron chi connectivity index (χ2n) is 4.86. The number of nitrogens with zero attached hydrogens (tertiary/aromatic N) is 3. The smallest absolute Gasteiger partial charge is 0.145 e. The lowest BCUT2D eigenvalue weighted by Gasteiger charge is -2.09. The first-order chi connectivity index (χ1) is 10.4. The Morgan fingerprint density at radius 3 is 2.62 bits per heavy atom. The van der Waals surface area contributed by atoms with E-state index in [1.54, 1.807) is 6.20 Å². The highest BCUT2D eigenvalue weighted by Gasteiger charge is 2.10. The van der Waals surface area contributed by atoms with E-state index < -0.39 is 0 Å². The minimum absolute atomic E-state index is 0.930. The summed E-state index contributed by atoms with van der Waals surface area (Å²) in [6.45, 7) is 0. The molecule has 21 heavy (non-hydrogen) atoms. The number of fused-ring (bicyclic) bond motifs is 1. The number of aromatic nitrogens is 3. The van der Waals surface area contributed by atoms with Gasteiger partial charge in [0.1, 0.15) is 5.82 Å². The third kappa shape index (κ3) is 1.99. The van der Waals surface area contributed by atoms with Crippen molar-refractivity contribution in [1.29, 1.82) is 0 Å². The Hall–Kier alpha value is -2.94. The number of imidazole rings is 1. The van der Waals surface area contributed by atoms with Gasteiger partial charge in [0.05, 0.1) is 11.9 Å². The van der Waals surface area contributed by atoms with Gasteiger partial charge >= 0.3 is 0 Å². The molecule has 4 aromatic rings. The molecule has 0 aliphatic carbocycles. The van der Waals surface area contributed by atoms with E-state index in [-0.39, 0.29) is 0 Å². The molecular weight excluding hydrogens is 258 g/mol. The molecule has 100 valence electrons. The summed E-state index contributed by atoms with van der Waals surface area (Å²) in [4.78, 5) is 8.74. The van der Waals surface area contributed by atoms with Crippen molar-refractivity contribution in [3.8, 4) is 17.1 Å². The first kappa shape index (κ1) is 11.9. The maximum absolute atomic E-state index is 4.55. The monoisotopic (exact) mass is 271 g/mol. The Morgan fingerprint density at radius 2 is 1.71 bits per heavy atom. The molecule has 0 spiro atoms. The molecule has 0 radical (unpaired) electrons. The molecule has 0 unspecified atom stereocenters. The fraction of sp³-hybridized carbons (Fsp3) is 0. The standard InChI is InChI=1S/C18H13N3/c1-2-8-16-14(5-1)6-3-9-17(16)18-20-11-12-21(18)15-7-4-10-19-13-15/h1-13H. The Labute approximate surface area is 122 Å². The van der Waals surface area contributed by atoms with Crippen LogP contribution >= 0.6 is 0 Å². The van der Waals surface area contributed by atoms with Crippen molar-refractivity contribution in [3.63, 3.8) is 0 Å². The number of rotatable bonds is 2. The quantitative estimate of drug-likeness (QED) is 0.550. The lowest BCUT2D eigenvalue weighted by Crippen LogP contribution is -1.97. The first-order valence-corrected chi connectivity index (χ1v) is 6.85. The number of hydrogen-bond acceptors (Lipinski definition) is 2. The molecule has 2 heterocycles. The zero-order valence-corrected chi connectivity index (χ0v) is 11.3. The highest BCUT2D eigenvalue weighted by molar-refractivity contribution is 5.95. The maximum atomic E-state index is 4.55. The minimum atomic E-state index is 0.930. The van der Waals surface area contributed by atoms with E-state index in [1.165, 1.54) is 10.8 Å². The van der Waals surface area contributed by atoms with Crippen LogP contribution < -0.4 is 0 Å². The number of benzene rings is 2. The van der Waals surface area contributed by atoms with Crippen LogP contribution in [0.1, 0.15) is 0 Å². The van der Waals surface area contributed by atoms with Gasteiger partial charge in [-0.3, -0.25) is 9.55 Å². The average molecular weight is 271 g/mol. The van der Waals surface area contributed by atoms with Gasteiger partial charge in [-0.2, -0.15) is 0 Å². The molecule has 0 atom stereocenters. The maximum Gasteiger partial charge on any atom is 0.145 e. The van der Waals surface area contributed by atoms with Gasteiger partial charge in [-0.1, -0.05) is 42.5 Å². The predicted molar refractivity (Wildman–Crippen MR) is 84.3 cm³/mol. The molecule has 0 saturated carbocycles. The van der Waals surface area contributed by atoms with Gasteiger partial charge in [0.2, 0.25) is 0 Å². The molecule has 0 fully saturated rings. The van der Waals surface area contributed by atoms with Crippen LogP contribution in [0.2, 0.25) is 0 Å². The van der Waals surface area contributed by atoms with E-state index >= 15 is 0 Å². The van der Waals surface area contributed by atoms with Crippen molar-refractivity contribution in [1.82, 2.24) is 14.5 Å². The van der Waals surface area contributed by atoms with Crippen LogP contribution in [-0.4, -0.2) is 14.5 Å². The van der Waals surface area contributed by atoms with Crippen molar-refractivity contribution in [2.75, 3.05) is 0 Å². The molecule has 2 aromatic heterocycles. The van der Waals surface area contributed by atoms with Gasteiger partial charge in [-0.25, -0.2) is 4.98 Å². The van der Waals surface area contributed by atoms with Crippen LogP contribution in [0.3, 0.4) is 0 Å². The van der Waals surface area contributed by atoms with Gasteiger partial charge < -0.3 is 0 Å². The van der Waals surface area contributed by atoms with E-state index in [1.807, 2.05) is 30.7 Å². The summed E-state index contributed by atoms with van der Waals surface area (Å²) in [5, 5.41) is 2.42. The topological polar surface area (TPSA) is 30.7 Å². The zero-order chi connectivity index (χ0) is 14.1. The predicted octanol–water partition coefficient (Wildman–Crippen LogP) is 4.09. The van der Waals surface area contributed by atoms with E-state index in [9.17, 15) is 0 Å². The molecule has 0 amide bonds. The molecule has 2 aromatic carbocycles. The van der Waals surface area contributed by atoms with Gasteiger partial charge in [0.15, 0.2) is 0 Å². The lowest BCUT2D eigenvalue weighted by molar-refractivity contribution is 1.05. The first-order valence-electron chi connectivity index (χ1n) is 6.85. The molecule has 3 heteroatoms. The number of hydrogen-bond donors (Lipinski definition) is 0. The summed E-state index contributed by atoms with van der Waals surface area (Å²) < 4.78 is 2.06. The van der Waals surface area contributed by atoms with E-state index in [0.717, 1.165) is 17.1 Å². The molecule has 3 nitrogen and oxygen atoms in total.